The topological polar surface area (TPSA) is 83.6 Å². The predicted octanol–water partition coefficient (Wildman–Crippen LogP) is 5.32. The third kappa shape index (κ3) is 5.03. The number of halogens is 3. The van der Waals surface area contributed by atoms with Gasteiger partial charge in [0.1, 0.15) is 5.52 Å². The van der Waals surface area contributed by atoms with Gasteiger partial charge in [0, 0.05) is 5.56 Å². The number of carboxylic acids is 1. The summed E-state index contributed by atoms with van der Waals surface area (Å²) in [6.07, 6.45) is -6.49. The maximum absolute atomic E-state index is 12.2. The normalized spacial score (nSPS) is 12.1. The number of hydrogen-bond acceptors (Lipinski definition) is 4. The van der Waals surface area contributed by atoms with Crippen LogP contribution >= 0.6 is 0 Å². The number of aliphatic carboxylic acids is 1. The van der Waals surface area contributed by atoms with Gasteiger partial charge in [-0.2, -0.15) is 13.2 Å². The van der Waals surface area contributed by atoms with Crippen LogP contribution < -0.4 is 0 Å². The quantitative estimate of drug-likeness (QED) is 0.473. The number of hydrogen-bond donors (Lipinski definition) is 2. The molecule has 0 aliphatic rings. The summed E-state index contributed by atoms with van der Waals surface area (Å²) in [5.41, 5.74) is 1.46. The number of benzene rings is 3. The Morgan fingerprint density at radius 1 is 0.933 bits per heavy atom. The van der Waals surface area contributed by atoms with Gasteiger partial charge in [-0.3, -0.25) is 0 Å². The molecule has 0 aliphatic carbocycles. The van der Waals surface area contributed by atoms with Crippen molar-refractivity contribution in [2.24, 2.45) is 0 Å². The monoisotopic (exact) mass is 415 g/mol. The van der Waals surface area contributed by atoms with Gasteiger partial charge < -0.3 is 14.6 Å². The number of carboxylic acid groups (broad SMARTS) is 1. The van der Waals surface area contributed by atoms with E-state index in [1.54, 1.807) is 0 Å². The lowest BCUT2D eigenvalue weighted by Crippen LogP contribution is -2.12. The molecule has 1 unspecified atom stereocenters. The highest BCUT2D eigenvalue weighted by atomic mass is 19.4. The van der Waals surface area contributed by atoms with E-state index < -0.39 is 23.8 Å². The average Bonchev–Trinajstić information content (AvgIpc) is 3.18. The number of para-hydroxylation sites is 2. The molecule has 1 aromatic heterocycles. The molecule has 30 heavy (non-hydrogen) atoms. The molecule has 8 heteroatoms. The maximum Gasteiger partial charge on any atom is 0.416 e. The Morgan fingerprint density at radius 3 is 2.23 bits per heavy atom. The Hall–Kier alpha value is -3.65. The lowest BCUT2D eigenvalue weighted by Gasteiger charge is -2.10. The lowest BCUT2D eigenvalue weighted by molar-refractivity contribution is -0.147. The van der Waals surface area contributed by atoms with Crippen molar-refractivity contribution in [1.29, 1.82) is 0 Å². The van der Waals surface area contributed by atoms with Crippen molar-refractivity contribution in [3.05, 3.63) is 90.0 Å². The first-order valence-corrected chi connectivity index (χ1v) is 8.75. The summed E-state index contributed by atoms with van der Waals surface area (Å²) < 4.78 is 42.3. The Bertz CT molecular complexity index is 1110. The molecule has 1 atom stereocenters. The first kappa shape index (κ1) is 21.1. The fourth-order valence-electron chi connectivity index (χ4n) is 2.60. The molecular formula is C22H16F3NO4. The zero-order chi connectivity index (χ0) is 21.7. The van der Waals surface area contributed by atoms with Crippen LogP contribution in [0.15, 0.2) is 83.3 Å². The number of nitrogens with zero attached hydrogens (tertiary/aromatic N) is 1. The number of aliphatic hydroxyl groups excluding tert-OH is 1. The van der Waals surface area contributed by atoms with Crippen LogP contribution in [0, 0.1) is 0 Å². The third-order valence-electron chi connectivity index (χ3n) is 4.08. The minimum absolute atomic E-state index is 0.294. The number of aromatic nitrogens is 1. The van der Waals surface area contributed by atoms with Gasteiger partial charge in [-0.05, 0) is 42.0 Å². The van der Waals surface area contributed by atoms with Crippen LogP contribution in [0.1, 0.15) is 17.2 Å². The van der Waals surface area contributed by atoms with Crippen LogP contribution in [0.3, 0.4) is 0 Å². The van der Waals surface area contributed by atoms with Crippen LogP contribution in [0.2, 0.25) is 0 Å². The Morgan fingerprint density at radius 2 is 1.60 bits per heavy atom. The zero-order valence-electron chi connectivity index (χ0n) is 15.4. The smallest absolute Gasteiger partial charge is 0.416 e. The Balaban J connectivity index is 0.000000171. The molecule has 2 N–H and O–H groups in total. The predicted molar refractivity (Wildman–Crippen MR) is 103 cm³/mol. The second kappa shape index (κ2) is 8.79. The number of fused-ring (bicyclic) bond motifs is 1. The maximum atomic E-state index is 12.2. The Labute approximate surface area is 169 Å². The summed E-state index contributed by atoms with van der Waals surface area (Å²) in [5, 5.41) is 17.4. The number of rotatable bonds is 3. The number of oxazole rings is 1. The van der Waals surface area contributed by atoms with Gasteiger partial charge in [0.15, 0.2) is 11.7 Å². The highest BCUT2D eigenvalue weighted by Gasteiger charge is 2.31. The highest BCUT2D eigenvalue weighted by molar-refractivity contribution is 5.76. The molecule has 0 bridgehead atoms. The number of carbonyl (C=O) groups is 1. The van der Waals surface area contributed by atoms with Gasteiger partial charge in [0.25, 0.3) is 0 Å². The minimum atomic E-state index is -4.55. The highest BCUT2D eigenvalue weighted by Crippen LogP contribution is 2.30. The van der Waals surface area contributed by atoms with Gasteiger partial charge >= 0.3 is 12.1 Å². The fourth-order valence-corrected chi connectivity index (χ4v) is 2.60. The van der Waals surface area contributed by atoms with E-state index in [-0.39, 0.29) is 5.56 Å². The summed E-state index contributed by atoms with van der Waals surface area (Å²) >= 11 is 0. The van der Waals surface area contributed by atoms with Crippen LogP contribution in [0.4, 0.5) is 13.2 Å². The van der Waals surface area contributed by atoms with E-state index in [9.17, 15) is 18.0 Å². The molecule has 4 aromatic rings. The fraction of sp³-hybridized carbons (Fsp3) is 0.0909. The number of alkyl halides is 3. The van der Waals surface area contributed by atoms with Crippen molar-refractivity contribution < 1.29 is 32.6 Å². The minimum Gasteiger partial charge on any atom is -0.479 e. The van der Waals surface area contributed by atoms with E-state index in [4.69, 9.17) is 14.6 Å². The van der Waals surface area contributed by atoms with Crippen LogP contribution in [0.5, 0.6) is 0 Å². The molecule has 0 spiro atoms. The van der Waals surface area contributed by atoms with E-state index in [0.29, 0.717) is 12.0 Å². The molecule has 0 radical (unpaired) electrons. The van der Waals surface area contributed by atoms with E-state index in [1.807, 2.05) is 54.6 Å². The van der Waals surface area contributed by atoms with Crippen LogP contribution in [-0.2, 0) is 11.0 Å². The summed E-state index contributed by atoms with van der Waals surface area (Å²) in [4.78, 5) is 14.7. The zero-order valence-corrected chi connectivity index (χ0v) is 15.4. The van der Waals surface area contributed by atoms with E-state index >= 15 is 0 Å². The van der Waals surface area contributed by atoms with Gasteiger partial charge in [-0.1, -0.05) is 42.5 Å². The molecule has 0 fully saturated rings. The summed E-state index contributed by atoms with van der Waals surface area (Å²) in [6.45, 7) is 0. The number of aliphatic hydroxyl groups is 1. The second-order valence-corrected chi connectivity index (χ2v) is 6.22. The standard InChI is InChI=1S/C13H9NO.C9H7F3O3/c1-2-6-10(7-3-1)13-14-11-8-4-5-9-12(11)15-13;10-9(11,12)6-3-1-2-5(4-6)7(13)8(14)15/h1-9H;1-4,7,13H,(H,14,15). The molecule has 5 nitrogen and oxygen atoms in total. The van der Waals surface area contributed by atoms with Gasteiger partial charge in [-0.25, -0.2) is 9.78 Å². The van der Waals surface area contributed by atoms with Crippen LogP contribution in [-0.4, -0.2) is 21.2 Å². The van der Waals surface area contributed by atoms with Crippen molar-refractivity contribution in [1.82, 2.24) is 4.98 Å². The van der Waals surface area contributed by atoms with Gasteiger partial charge in [0.05, 0.1) is 5.56 Å². The van der Waals surface area contributed by atoms with Crippen molar-refractivity contribution in [3.63, 3.8) is 0 Å². The van der Waals surface area contributed by atoms with Crippen molar-refractivity contribution in [3.8, 4) is 11.5 Å². The average molecular weight is 415 g/mol. The molecule has 0 amide bonds. The molecule has 3 aromatic carbocycles. The Kier molecular flexibility index (Phi) is 6.17. The van der Waals surface area contributed by atoms with Crippen molar-refractivity contribution in [2.45, 2.75) is 12.3 Å². The summed E-state index contributed by atoms with van der Waals surface area (Å²) in [6, 6.07) is 21.3. The van der Waals surface area contributed by atoms with E-state index in [1.165, 1.54) is 0 Å². The van der Waals surface area contributed by atoms with Crippen molar-refractivity contribution in [2.75, 3.05) is 0 Å². The molecule has 154 valence electrons. The van der Waals surface area contributed by atoms with E-state index in [0.717, 1.165) is 34.9 Å². The van der Waals surface area contributed by atoms with Gasteiger partial charge in [0.2, 0.25) is 5.89 Å². The molecule has 0 saturated heterocycles. The van der Waals surface area contributed by atoms with E-state index in [2.05, 4.69) is 4.98 Å². The lowest BCUT2D eigenvalue weighted by atomic mass is 10.1. The first-order chi connectivity index (χ1) is 14.3. The van der Waals surface area contributed by atoms with Gasteiger partial charge in [-0.15, -0.1) is 0 Å². The summed E-state index contributed by atoms with van der Waals surface area (Å²) in [5.74, 6) is -0.911. The van der Waals surface area contributed by atoms with Crippen LogP contribution in [0.25, 0.3) is 22.6 Å². The molecule has 1 heterocycles. The first-order valence-electron chi connectivity index (χ1n) is 8.75. The SMILES string of the molecule is O=C(O)C(O)c1cccc(C(F)(F)F)c1.c1ccc(-c2nc3ccccc3o2)cc1. The molecule has 0 aliphatic heterocycles. The second-order valence-electron chi connectivity index (χ2n) is 6.22. The summed E-state index contributed by atoms with van der Waals surface area (Å²) in [7, 11) is 0. The molecular weight excluding hydrogens is 399 g/mol. The molecule has 0 saturated carbocycles. The van der Waals surface area contributed by atoms with Crippen molar-refractivity contribution >= 4 is 17.1 Å². The molecule has 4 rings (SSSR count). The largest absolute Gasteiger partial charge is 0.479 e. The third-order valence-corrected chi connectivity index (χ3v) is 4.08.